The molecule has 0 aliphatic heterocycles. The molecule has 0 radical (unpaired) electrons. The smallest absolute Gasteiger partial charge is 0.0388 e. The van der Waals surface area contributed by atoms with Crippen LogP contribution in [0.1, 0.15) is 52.9 Å². The molecule has 0 heteroatoms. The van der Waals surface area contributed by atoms with Gasteiger partial charge in [-0.1, -0.05) is 40.0 Å². The molecule has 0 aromatic heterocycles. The Labute approximate surface area is 71.4 Å². The molecule has 1 aliphatic carbocycles. The van der Waals surface area contributed by atoms with Crippen LogP contribution in [0.3, 0.4) is 0 Å². The Morgan fingerprint density at radius 2 is 1.82 bits per heavy atom. The minimum absolute atomic E-state index is 0.955. The van der Waals surface area contributed by atoms with E-state index < -0.39 is 0 Å². The van der Waals surface area contributed by atoms with Crippen LogP contribution in [0.5, 0.6) is 0 Å². The molecule has 0 aromatic rings. The summed E-state index contributed by atoms with van der Waals surface area (Å²) in [5, 5.41) is 0. The van der Waals surface area contributed by atoms with E-state index in [0.29, 0.717) is 0 Å². The summed E-state index contributed by atoms with van der Waals surface area (Å²) in [5.41, 5.74) is 0. The third kappa shape index (κ3) is 3.27. The lowest BCUT2D eigenvalue weighted by atomic mass is 9.94. The van der Waals surface area contributed by atoms with Gasteiger partial charge in [0.15, 0.2) is 0 Å². The van der Waals surface area contributed by atoms with Crippen molar-refractivity contribution < 1.29 is 0 Å². The topological polar surface area (TPSA) is 0 Å². The first kappa shape index (κ1) is 9.09. The Kier molecular flexibility index (Phi) is 3.42. The third-order valence-electron chi connectivity index (χ3n) is 3.24. The van der Waals surface area contributed by atoms with Crippen LogP contribution < -0.4 is 0 Å². The average molecular weight is 154 g/mol. The maximum atomic E-state index is 2.43. The standard InChI is InChI=1S/C11H22/c1-4-9(2)5-6-10(3)11-7-8-11/h9-11H,4-8H2,1-3H3. The molecule has 11 heavy (non-hydrogen) atoms. The maximum absolute atomic E-state index is 2.43. The second-order valence-corrected chi connectivity index (χ2v) is 4.41. The third-order valence-corrected chi connectivity index (χ3v) is 3.24. The molecule has 66 valence electrons. The second kappa shape index (κ2) is 4.13. The second-order valence-electron chi connectivity index (χ2n) is 4.41. The van der Waals surface area contributed by atoms with E-state index in [1.54, 1.807) is 0 Å². The highest BCUT2D eigenvalue weighted by Crippen LogP contribution is 2.39. The average Bonchev–Trinajstić information content (AvgIpc) is 2.81. The maximum Gasteiger partial charge on any atom is -0.0388 e. The fourth-order valence-corrected chi connectivity index (χ4v) is 1.65. The normalized spacial score (nSPS) is 23.2. The molecule has 0 amide bonds. The molecule has 0 nitrogen and oxygen atoms in total. The molecule has 0 aromatic carbocycles. The van der Waals surface area contributed by atoms with Crippen molar-refractivity contribution in [2.45, 2.75) is 52.9 Å². The summed E-state index contributed by atoms with van der Waals surface area (Å²) in [4.78, 5) is 0. The van der Waals surface area contributed by atoms with E-state index in [9.17, 15) is 0 Å². The van der Waals surface area contributed by atoms with E-state index in [1.165, 1.54) is 32.1 Å². The van der Waals surface area contributed by atoms with E-state index >= 15 is 0 Å². The van der Waals surface area contributed by atoms with Gasteiger partial charge in [-0.05, 0) is 30.6 Å². The van der Waals surface area contributed by atoms with Crippen molar-refractivity contribution in [1.29, 1.82) is 0 Å². The fraction of sp³-hybridized carbons (Fsp3) is 1.00. The zero-order chi connectivity index (χ0) is 8.27. The van der Waals surface area contributed by atoms with E-state index in [1.807, 2.05) is 0 Å². The molecule has 1 saturated carbocycles. The van der Waals surface area contributed by atoms with Gasteiger partial charge in [-0.25, -0.2) is 0 Å². The fourth-order valence-electron chi connectivity index (χ4n) is 1.65. The van der Waals surface area contributed by atoms with Crippen molar-refractivity contribution in [1.82, 2.24) is 0 Å². The Morgan fingerprint density at radius 1 is 1.18 bits per heavy atom. The summed E-state index contributed by atoms with van der Waals surface area (Å²) in [6.07, 6.45) is 7.31. The summed E-state index contributed by atoms with van der Waals surface area (Å²) < 4.78 is 0. The van der Waals surface area contributed by atoms with Gasteiger partial charge in [0.25, 0.3) is 0 Å². The summed E-state index contributed by atoms with van der Waals surface area (Å²) in [6.45, 7) is 7.10. The highest BCUT2D eigenvalue weighted by atomic mass is 14.3. The zero-order valence-corrected chi connectivity index (χ0v) is 8.27. The summed E-state index contributed by atoms with van der Waals surface area (Å²) in [7, 11) is 0. The predicted octanol–water partition coefficient (Wildman–Crippen LogP) is 3.86. The minimum Gasteiger partial charge on any atom is -0.0651 e. The van der Waals surface area contributed by atoms with Gasteiger partial charge >= 0.3 is 0 Å². The first-order valence-corrected chi connectivity index (χ1v) is 5.24. The summed E-state index contributed by atoms with van der Waals surface area (Å²) in [5.74, 6) is 3.08. The van der Waals surface area contributed by atoms with Crippen LogP contribution in [0, 0.1) is 17.8 Å². The molecule has 0 spiro atoms. The van der Waals surface area contributed by atoms with Crippen LogP contribution in [0.4, 0.5) is 0 Å². The molecule has 0 bridgehead atoms. The number of hydrogen-bond acceptors (Lipinski definition) is 0. The van der Waals surface area contributed by atoms with Crippen LogP contribution in [0.15, 0.2) is 0 Å². The molecular formula is C11H22. The van der Waals surface area contributed by atoms with Gasteiger partial charge in [0.1, 0.15) is 0 Å². The first-order chi connectivity index (χ1) is 5.24. The Hall–Kier alpha value is 0. The van der Waals surface area contributed by atoms with Crippen molar-refractivity contribution in [3.8, 4) is 0 Å². The van der Waals surface area contributed by atoms with Crippen molar-refractivity contribution in [3.05, 3.63) is 0 Å². The quantitative estimate of drug-likeness (QED) is 0.564. The molecule has 1 aliphatic rings. The van der Waals surface area contributed by atoms with Gasteiger partial charge in [0.05, 0.1) is 0 Å². The van der Waals surface area contributed by atoms with Gasteiger partial charge < -0.3 is 0 Å². The Balaban J connectivity index is 2.00. The highest BCUT2D eigenvalue weighted by molar-refractivity contribution is 4.78. The molecule has 1 fully saturated rings. The molecule has 2 unspecified atom stereocenters. The van der Waals surface area contributed by atoms with Crippen molar-refractivity contribution >= 4 is 0 Å². The number of hydrogen-bond donors (Lipinski definition) is 0. The molecule has 0 saturated heterocycles. The zero-order valence-electron chi connectivity index (χ0n) is 8.27. The van der Waals surface area contributed by atoms with Crippen LogP contribution in [-0.4, -0.2) is 0 Å². The summed E-state index contributed by atoms with van der Waals surface area (Å²) >= 11 is 0. The number of rotatable bonds is 5. The van der Waals surface area contributed by atoms with Crippen molar-refractivity contribution in [3.63, 3.8) is 0 Å². The summed E-state index contributed by atoms with van der Waals surface area (Å²) in [6, 6.07) is 0. The molecule has 0 heterocycles. The largest absolute Gasteiger partial charge is 0.0651 e. The lowest BCUT2D eigenvalue weighted by Crippen LogP contribution is -2.00. The van der Waals surface area contributed by atoms with Gasteiger partial charge in [-0.3, -0.25) is 0 Å². The monoisotopic (exact) mass is 154 g/mol. The first-order valence-electron chi connectivity index (χ1n) is 5.24. The molecule has 1 rings (SSSR count). The van der Waals surface area contributed by atoms with Gasteiger partial charge in [-0.2, -0.15) is 0 Å². The van der Waals surface area contributed by atoms with Crippen LogP contribution >= 0.6 is 0 Å². The molecule has 0 N–H and O–H groups in total. The van der Waals surface area contributed by atoms with Crippen LogP contribution in [0.25, 0.3) is 0 Å². The Bertz CT molecular complexity index is 103. The van der Waals surface area contributed by atoms with Gasteiger partial charge in [0.2, 0.25) is 0 Å². The SMILES string of the molecule is CCC(C)CCC(C)C1CC1. The van der Waals surface area contributed by atoms with E-state index in [0.717, 1.165) is 17.8 Å². The Morgan fingerprint density at radius 3 is 2.27 bits per heavy atom. The highest BCUT2D eigenvalue weighted by Gasteiger charge is 2.27. The minimum atomic E-state index is 0.955. The van der Waals surface area contributed by atoms with E-state index in [2.05, 4.69) is 20.8 Å². The van der Waals surface area contributed by atoms with Crippen LogP contribution in [-0.2, 0) is 0 Å². The lowest BCUT2D eigenvalue weighted by molar-refractivity contribution is 0.393. The molecule has 2 atom stereocenters. The van der Waals surface area contributed by atoms with Gasteiger partial charge in [-0.15, -0.1) is 0 Å². The predicted molar refractivity (Wildman–Crippen MR) is 50.6 cm³/mol. The van der Waals surface area contributed by atoms with E-state index in [4.69, 9.17) is 0 Å². The lowest BCUT2D eigenvalue weighted by Gasteiger charge is -2.12. The molecular weight excluding hydrogens is 132 g/mol. The van der Waals surface area contributed by atoms with Gasteiger partial charge in [0, 0.05) is 0 Å². The van der Waals surface area contributed by atoms with Crippen molar-refractivity contribution in [2.24, 2.45) is 17.8 Å². The van der Waals surface area contributed by atoms with E-state index in [-0.39, 0.29) is 0 Å². The van der Waals surface area contributed by atoms with Crippen LogP contribution in [0.2, 0.25) is 0 Å². The van der Waals surface area contributed by atoms with Crippen molar-refractivity contribution in [2.75, 3.05) is 0 Å².